The Balaban J connectivity index is 0.000000722. The summed E-state index contributed by atoms with van der Waals surface area (Å²) in [6.45, 7) is 0. The van der Waals surface area contributed by atoms with E-state index in [0.29, 0.717) is 0 Å². The molecule has 0 saturated carbocycles. The van der Waals surface area contributed by atoms with Gasteiger partial charge in [-0.05, 0) is 46.8 Å². The largest absolute Gasteiger partial charge is 0.361 e. The first-order chi connectivity index (χ1) is 7.43. The number of aromatic amines is 1. The minimum absolute atomic E-state index is 0. The van der Waals surface area contributed by atoms with Crippen molar-refractivity contribution in [2.45, 2.75) is 0 Å². The third kappa shape index (κ3) is 2.60. The number of fused-ring (bicyclic) bond motifs is 1. The van der Waals surface area contributed by atoms with E-state index >= 15 is 0 Å². The van der Waals surface area contributed by atoms with Gasteiger partial charge in [-0.15, -0.1) is 24.8 Å². The number of hydrogen-bond acceptors (Lipinski definition) is 1. The summed E-state index contributed by atoms with van der Waals surface area (Å²) in [4.78, 5) is 7.20. The number of H-pyrrole nitrogens is 1. The molecule has 0 saturated heterocycles. The van der Waals surface area contributed by atoms with Gasteiger partial charge in [0.1, 0.15) is 0 Å². The number of rotatable bonds is 1. The van der Waals surface area contributed by atoms with Crippen LogP contribution in [0.3, 0.4) is 0 Å². The summed E-state index contributed by atoms with van der Waals surface area (Å²) in [6, 6.07) is 12.5. The summed E-state index contributed by atoms with van der Waals surface area (Å²) in [6.07, 6.45) is 5.59. The second-order valence-electron chi connectivity index (χ2n) is 3.52. The van der Waals surface area contributed by atoms with Gasteiger partial charge in [0.05, 0.1) is 0 Å². The number of halogens is 2. The molecule has 0 fully saturated rings. The molecular weight excluding hydrogens is 255 g/mol. The van der Waals surface area contributed by atoms with Crippen LogP contribution in [0.15, 0.2) is 55.0 Å². The molecule has 1 aromatic carbocycles. The third-order valence-electron chi connectivity index (χ3n) is 2.57. The number of hydrogen-bond donors (Lipinski definition) is 1. The SMILES string of the molecule is Cl.Cl.c1cc(-c2ccc3[nH]ccc3c2)ccn1. The maximum absolute atomic E-state index is 4.02. The highest BCUT2D eigenvalue weighted by atomic mass is 35.5. The molecule has 0 radical (unpaired) electrons. The van der Waals surface area contributed by atoms with Crippen molar-refractivity contribution < 1.29 is 0 Å². The molecule has 0 aliphatic heterocycles. The lowest BCUT2D eigenvalue weighted by Crippen LogP contribution is -1.78. The van der Waals surface area contributed by atoms with E-state index in [9.17, 15) is 0 Å². The molecule has 2 heterocycles. The molecule has 0 atom stereocenters. The summed E-state index contributed by atoms with van der Waals surface area (Å²) in [5, 5.41) is 1.24. The van der Waals surface area contributed by atoms with Crippen molar-refractivity contribution in [1.82, 2.24) is 9.97 Å². The third-order valence-corrected chi connectivity index (χ3v) is 2.57. The van der Waals surface area contributed by atoms with Gasteiger partial charge in [0.25, 0.3) is 0 Å². The fraction of sp³-hybridized carbons (Fsp3) is 0. The molecule has 0 aliphatic rings. The van der Waals surface area contributed by atoms with Crippen LogP contribution in [0.1, 0.15) is 0 Å². The van der Waals surface area contributed by atoms with E-state index in [4.69, 9.17) is 0 Å². The molecule has 88 valence electrons. The second-order valence-corrected chi connectivity index (χ2v) is 3.52. The molecule has 17 heavy (non-hydrogen) atoms. The van der Waals surface area contributed by atoms with E-state index in [1.807, 2.05) is 30.7 Å². The first kappa shape index (κ1) is 13.6. The van der Waals surface area contributed by atoms with Gasteiger partial charge >= 0.3 is 0 Å². The van der Waals surface area contributed by atoms with E-state index in [2.05, 4.69) is 34.2 Å². The Morgan fingerprint density at radius 1 is 0.824 bits per heavy atom. The van der Waals surface area contributed by atoms with Gasteiger partial charge in [0, 0.05) is 24.1 Å². The van der Waals surface area contributed by atoms with Gasteiger partial charge < -0.3 is 4.98 Å². The van der Waals surface area contributed by atoms with Crippen molar-refractivity contribution in [3.63, 3.8) is 0 Å². The molecule has 4 heteroatoms. The van der Waals surface area contributed by atoms with Crippen LogP contribution in [0.4, 0.5) is 0 Å². The molecule has 0 bridgehead atoms. The monoisotopic (exact) mass is 266 g/mol. The molecule has 0 unspecified atom stereocenters. The van der Waals surface area contributed by atoms with Gasteiger partial charge in [0.15, 0.2) is 0 Å². The fourth-order valence-corrected chi connectivity index (χ4v) is 1.78. The normalized spacial score (nSPS) is 9.41. The molecule has 2 aromatic heterocycles. The van der Waals surface area contributed by atoms with Crippen LogP contribution in [0, 0.1) is 0 Å². The van der Waals surface area contributed by atoms with Gasteiger partial charge in [0.2, 0.25) is 0 Å². The van der Waals surface area contributed by atoms with Gasteiger partial charge in [-0.2, -0.15) is 0 Å². The quantitative estimate of drug-likeness (QED) is 0.707. The van der Waals surface area contributed by atoms with Gasteiger partial charge in [-0.25, -0.2) is 0 Å². The highest BCUT2D eigenvalue weighted by Crippen LogP contribution is 2.22. The zero-order valence-corrected chi connectivity index (χ0v) is 10.6. The summed E-state index contributed by atoms with van der Waals surface area (Å²) in [7, 11) is 0. The molecule has 3 aromatic rings. The Morgan fingerprint density at radius 3 is 2.35 bits per heavy atom. The minimum atomic E-state index is 0. The molecule has 2 nitrogen and oxygen atoms in total. The maximum atomic E-state index is 4.02. The van der Waals surface area contributed by atoms with Crippen LogP contribution in [0.5, 0.6) is 0 Å². The number of pyridine rings is 1. The average Bonchev–Trinajstić information content (AvgIpc) is 2.77. The first-order valence-corrected chi connectivity index (χ1v) is 4.91. The van der Waals surface area contributed by atoms with Crippen LogP contribution in [0.25, 0.3) is 22.0 Å². The maximum Gasteiger partial charge on any atom is 0.0454 e. The van der Waals surface area contributed by atoms with E-state index in [-0.39, 0.29) is 24.8 Å². The first-order valence-electron chi connectivity index (χ1n) is 4.91. The zero-order valence-electron chi connectivity index (χ0n) is 8.96. The van der Waals surface area contributed by atoms with E-state index in [1.165, 1.54) is 22.0 Å². The fourth-order valence-electron chi connectivity index (χ4n) is 1.78. The van der Waals surface area contributed by atoms with Gasteiger partial charge in [-0.3, -0.25) is 4.98 Å². The summed E-state index contributed by atoms with van der Waals surface area (Å²) < 4.78 is 0. The predicted molar refractivity (Wildman–Crippen MR) is 76.0 cm³/mol. The highest BCUT2D eigenvalue weighted by molar-refractivity contribution is 5.86. The highest BCUT2D eigenvalue weighted by Gasteiger charge is 1.99. The van der Waals surface area contributed by atoms with Crippen molar-refractivity contribution in [2.24, 2.45) is 0 Å². The smallest absolute Gasteiger partial charge is 0.0454 e. The Hall–Kier alpha value is -1.51. The number of aromatic nitrogens is 2. The van der Waals surface area contributed by atoms with Crippen LogP contribution in [0.2, 0.25) is 0 Å². The minimum Gasteiger partial charge on any atom is -0.361 e. The Morgan fingerprint density at radius 2 is 1.59 bits per heavy atom. The van der Waals surface area contributed by atoms with E-state index in [0.717, 1.165) is 0 Å². The van der Waals surface area contributed by atoms with Crippen molar-refractivity contribution in [3.8, 4) is 11.1 Å². The lowest BCUT2D eigenvalue weighted by atomic mass is 10.1. The predicted octanol–water partition coefficient (Wildman–Crippen LogP) is 4.07. The molecule has 0 spiro atoms. The van der Waals surface area contributed by atoms with Gasteiger partial charge in [-0.1, -0.05) is 6.07 Å². The lowest BCUT2D eigenvalue weighted by Gasteiger charge is -2.00. The van der Waals surface area contributed by atoms with Crippen molar-refractivity contribution in [2.75, 3.05) is 0 Å². The topological polar surface area (TPSA) is 28.7 Å². The van der Waals surface area contributed by atoms with Crippen LogP contribution in [-0.2, 0) is 0 Å². The molecular formula is C13H12Cl2N2. The van der Waals surface area contributed by atoms with E-state index in [1.54, 1.807) is 0 Å². The van der Waals surface area contributed by atoms with Crippen LogP contribution < -0.4 is 0 Å². The van der Waals surface area contributed by atoms with Crippen molar-refractivity contribution in [3.05, 3.63) is 55.0 Å². The van der Waals surface area contributed by atoms with Crippen LogP contribution >= 0.6 is 24.8 Å². The summed E-state index contributed by atoms with van der Waals surface area (Å²) in [5.41, 5.74) is 3.60. The lowest BCUT2D eigenvalue weighted by molar-refractivity contribution is 1.33. The average molecular weight is 267 g/mol. The summed E-state index contributed by atoms with van der Waals surface area (Å²) >= 11 is 0. The number of benzene rings is 1. The second kappa shape index (κ2) is 5.71. The molecule has 0 aliphatic carbocycles. The van der Waals surface area contributed by atoms with Crippen LogP contribution in [-0.4, -0.2) is 9.97 Å². The molecule has 0 amide bonds. The zero-order chi connectivity index (χ0) is 10.1. The number of nitrogens with one attached hydrogen (secondary N) is 1. The standard InChI is InChI=1S/C13H10N2.2ClH/c1-2-13-12(5-8-15-13)9-11(1)10-3-6-14-7-4-10;;/h1-9,15H;2*1H. The van der Waals surface area contributed by atoms with E-state index < -0.39 is 0 Å². The van der Waals surface area contributed by atoms with Crippen molar-refractivity contribution >= 4 is 35.7 Å². The van der Waals surface area contributed by atoms with Crippen molar-refractivity contribution in [1.29, 1.82) is 0 Å². The Kier molecular flexibility index (Phi) is 4.55. The summed E-state index contributed by atoms with van der Waals surface area (Å²) in [5.74, 6) is 0. The number of nitrogens with zero attached hydrogens (tertiary/aromatic N) is 1. The molecule has 1 N–H and O–H groups in total. The Labute approximate surface area is 112 Å². The molecule has 3 rings (SSSR count). The Bertz CT molecular complexity index is 590.